The van der Waals surface area contributed by atoms with E-state index >= 15 is 0 Å². The van der Waals surface area contributed by atoms with Crippen molar-refractivity contribution < 1.29 is 23.9 Å². The minimum absolute atomic E-state index is 0.188. The predicted octanol–water partition coefficient (Wildman–Crippen LogP) is 3.45. The zero-order chi connectivity index (χ0) is 16.2. The third-order valence-corrected chi connectivity index (χ3v) is 3.19. The largest absolute Gasteiger partial charge is 0.515 e. The molecule has 1 aromatic rings. The van der Waals surface area contributed by atoms with Gasteiger partial charge >= 0.3 is 12.1 Å². The van der Waals surface area contributed by atoms with Crippen molar-refractivity contribution in [3.05, 3.63) is 35.9 Å². The number of benzene rings is 1. The van der Waals surface area contributed by atoms with Gasteiger partial charge in [-0.1, -0.05) is 43.2 Å². The van der Waals surface area contributed by atoms with Crippen LogP contribution in [0.3, 0.4) is 0 Å². The summed E-state index contributed by atoms with van der Waals surface area (Å²) in [6.07, 6.45) is 3.42. The number of carbonyl (C=O) groups excluding carboxylic acids is 3. The lowest BCUT2D eigenvalue weighted by Crippen LogP contribution is -2.11. The summed E-state index contributed by atoms with van der Waals surface area (Å²) >= 11 is 0. The van der Waals surface area contributed by atoms with Crippen LogP contribution in [0.1, 0.15) is 44.1 Å². The number of ketones is 1. The highest BCUT2D eigenvalue weighted by Crippen LogP contribution is 2.09. The van der Waals surface area contributed by atoms with Crippen molar-refractivity contribution in [2.24, 2.45) is 0 Å². The molecule has 0 aromatic heterocycles. The Morgan fingerprint density at radius 1 is 0.909 bits per heavy atom. The van der Waals surface area contributed by atoms with E-state index in [0.717, 1.165) is 31.9 Å². The van der Waals surface area contributed by atoms with Crippen molar-refractivity contribution >= 4 is 17.9 Å². The van der Waals surface area contributed by atoms with Gasteiger partial charge in [-0.3, -0.25) is 9.59 Å². The maximum absolute atomic E-state index is 11.8. The Labute approximate surface area is 130 Å². The molecule has 22 heavy (non-hydrogen) atoms. The van der Waals surface area contributed by atoms with E-state index in [0.29, 0.717) is 19.3 Å². The first kappa shape index (κ1) is 17.9. The Balaban J connectivity index is 2.02. The summed E-state index contributed by atoms with van der Waals surface area (Å²) in [5.41, 5.74) is 1.04. The summed E-state index contributed by atoms with van der Waals surface area (Å²) in [5, 5.41) is 0. The van der Waals surface area contributed by atoms with Gasteiger partial charge in [0.05, 0.1) is 7.11 Å². The van der Waals surface area contributed by atoms with E-state index in [2.05, 4.69) is 9.47 Å². The summed E-state index contributed by atoms with van der Waals surface area (Å²) < 4.78 is 8.58. The Morgan fingerprint density at radius 2 is 1.55 bits per heavy atom. The number of rotatable bonds is 9. The first-order valence-electron chi connectivity index (χ1n) is 7.46. The highest BCUT2D eigenvalue weighted by atomic mass is 16.7. The van der Waals surface area contributed by atoms with Gasteiger partial charge in [0.25, 0.3) is 0 Å². The van der Waals surface area contributed by atoms with Gasteiger partial charge in [0.1, 0.15) is 5.78 Å². The van der Waals surface area contributed by atoms with Crippen LogP contribution in [0.15, 0.2) is 30.3 Å². The van der Waals surface area contributed by atoms with E-state index in [1.165, 1.54) is 0 Å². The molecule has 1 rings (SSSR count). The number of hydrogen-bond donors (Lipinski definition) is 0. The molecule has 0 amide bonds. The summed E-state index contributed by atoms with van der Waals surface area (Å²) in [7, 11) is 1.15. The second kappa shape index (κ2) is 10.5. The minimum atomic E-state index is -0.975. The Hall–Kier alpha value is -2.17. The van der Waals surface area contributed by atoms with Gasteiger partial charge in [-0.2, -0.15) is 0 Å². The molecule has 1 aromatic carbocycles. The highest BCUT2D eigenvalue weighted by Gasteiger charge is 2.09. The molecule has 0 saturated heterocycles. The summed E-state index contributed by atoms with van der Waals surface area (Å²) in [5.74, 6) is -0.344. The fourth-order valence-corrected chi connectivity index (χ4v) is 2.04. The molecule has 5 nitrogen and oxygen atoms in total. The van der Waals surface area contributed by atoms with E-state index < -0.39 is 12.1 Å². The lowest BCUT2D eigenvalue weighted by Gasteiger charge is -2.03. The molecule has 0 fully saturated rings. The third kappa shape index (κ3) is 8.19. The molecule has 0 atom stereocenters. The van der Waals surface area contributed by atoms with Crippen LogP contribution in [0.25, 0.3) is 0 Å². The highest BCUT2D eigenvalue weighted by molar-refractivity contribution is 5.81. The lowest BCUT2D eigenvalue weighted by molar-refractivity contribution is -0.139. The van der Waals surface area contributed by atoms with Crippen molar-refractivity contribution in [1.82, 2.24) is 0 Å². The molecule has 0 heterocycles. The summed E-state index contributed by atoms with van der Waals surface area (Å²) in [6.45, 7) is 0. The van der Waals surface area contributed by atoms with Crippen LogP contribution in [0.2, 0.25) is 0 Å². The van der Waals surface area contributed by atoms with Crippen LogP contribution in [-0.4, -0.2) is 25.0 Å². The first-order valence-corrected chi connectivity index (χ1v) is 7.46. The Morgan fingerprint density at radius 3 is 2.18 bits per heavy atom. The smallest absolute Gasteiger partial charge is 0.437 e. The topological polar surface area (TPSA) is 69.7 Å². The number of unbranched alkanes of at least 4 members (excludes halogenated alkanes) is 3. The quantitative estimate of drug-likeness (QED) is 0.397. The Bertz CT molecular complexity index is 481. The molecular weight excluding hydrogens is 284 g/mol. The van der Waals surface area contributed by atoms with E-state index in [9.17, 15) is 14.4 Å². The minimum Gasteiger partial charge on any atom is -0.437 e. The van der Waals surface area contributed by atoms with Crippen LogP contribution in [0, 0.1) is 0 Å². The van der Waals surface area contributed by atoms with E-state index in [4.69, 9.17) is 0 Å². The maximum Gasteiger partial charge on any atom is 0.515 e. The van der Waals surface area contributed by atoms with Gasteiger partial charge in [0.15, 0.2) is 0 Å². The van der Waals surface area contributed by atoms with Crippen molar-refractivity contribution in [3.63, 3.8) is 0 Å². The number of Topliss-reactive ketones (excluding diaryl/α,β-unsaturated/α-hetero) is 1. The van der Waals surface area contributed by atoms with Gasteiger partial charge in [-0.25, -0.2) is 4.79 Å². The van der Waals surface area contributed by atoms with Gasteiger partial charge in [0, 0.05) is 19.3 Å². The molecule has 0 unspecified atom stereocenters. The van der Waals surface area contributed by atoms with Gasteiger partial charge in [-0.15, -0.1) is 0 Å². The molecule has 0 N–H and O–H groups in total. The van der Waals surface area contributed by atoms with Gasteiger partial charge in [0.2, 0.25) is 0 Å². The summed E-state index contributed by atoms with van der Waals surface area (Å²) in [4.78, 5) is 33.6. The van der Waals surface area contributed by atoms with Gasteiger partial charge in [-0.05, 0) is 18.4 Å². The predicted molar refractivity (Wildman–Crippen MR) is 81.4 cm³/mol. The molecule has 0 bridgehead atoms. The first-order chi connectivity index (χ1) is 10.6. The van der Waals surface area contributed by atoms with E-state index in [-0.39, 0.29) is 12.2 Å². The number of hydrogen-bond acceptors (Lipinski definition) is 5. The average Bonchev–Trinajstić information content (AvgIpc) is 2.51. The number of esters is 1. The summed E-state index contributed by atoms with van der Waals surface area (Å²) in [6, 6.07) is 9.68. The van der Waals surface area contributed by atoms with E-state index in [1.807, 2.05) is 30.3 Å². The van der Waals surface area contributed by atoms with Crippen LogP contribution in [-0.2, 0) is 25.5 Å². The molecule has 0 radical (unpaired) electrons. The maximum atomic E-state index is 11.8. The van der Waals surface area contributed by atoms with E-state index in [1.54, 1.807) is 0 Å². The molecule has 0 aliphatic carbocycles. The molecular formula is C17H22O5. The number of ether oxygens (including phenoxy) is 2. The third-order valence-electron chi connectivity index (χ3n) is 3.19. The second-order valence-electron chi connectivity index (χ2n) is 5.04. The SMILES string of the molecule is COC(=O)OC(=O)CCCCCCC(=O)Cc1ccccc1. The number of methoxy groups -OCH3 is 1. The average molecular weight is 306 g/mol. The molecule has 0 saturated carbocycles. The normalized spacial score (nSPS) is 10.0. The van der Waals surface area contributed by atoms with Crippen LogP contribution in [0.5, 0.6) is 0 Å². The fourth-order valence-electron chi connectivity index (χ4n) is 2.04. The zero-order valence-electron chi connectivity index (χ0n) is 12.9. The van der Waals surface area contributed by atoms with Crippen LogP contribution < -0.4 is 0 Å². The molecule has 5 heteroatoms. The van der Waals surface area contributed by atoms with Crippen molar-refractivity contribution in [2.45, 2.75) is 44.9 Å². The molecule has 120 valence electrons. The Kier molecular flexibility index (Phi) is 8.57. The number of carbonyl (C=O) groups is 3. The molecule has 0 spiro atoms. The monoisotopic (exact) mass is 306 g/mol. The van der Waals surface area contributed by atoms with Crippen molar-refractivity contribution in [2.75, 3.05) is 7.11 Å². The zero-order valence-corrected chi connectivity index (χ0v) is 12.9. The molecule has 0 aliphatic rings. The van der Waals surface area contributed by atoms with Crippen molar-refractivity contribution in [1.29, 1.82) is 0 Å². The van der Waals surface area contributed by atoms with Crippen LogP contribution >= 0.6 is 0 Å². The van der Waals surface area contributed by atoms with Crippen LogP contribution in [0.4, 0.5) is 4.79 Å². The fraction of sp³-hybridized carbons (Fsp3) is 0.471. The second-order valence-corrected chi connectivity index (χ2v) is 5.04. The standard InChI is InChI=1S/C17H22O5/c1-21-17(20)22-16(19)12-8-3-2-7-11-15(18)13-14-9-5-4-6-10-14/h4-6,9-10H,2-3,7-8,11-13H2,1H3. The lowest BCUT2D eigenvalue weighted by atomic mass is 10.0. The van der Waals surface area contributed by atoms with Crippen molar-refractivity contribution in [3.8, 4) is 0 Å². The van der Waals surface area contributed by atoms with Gasteiger partial charge < -0.3 is 9.47 Å². The molecule has 0 aliphatic heterocycles.